The summed E-state index contributed by atoms with van der Waals surface area (Å²) in [5.41, 5.74) is 2.18. The molecular weight excluding hydrogens is 420 g/mol. The zero-order chi connectivity index (χ0) is 22.6. The maximum Gasteiger partial charge on any atom is 0.308 e. The normalized spacial score (nSPS) is 15.9. The van der Waals surface area contributed by atoms with Crippen LogP contribution >= 0.6 is 0 Å². The second kappa shape index (κ2) is 9.12. The molecule has 166 valence electrons. The number of hydrogen-bond donors (Lipinski definition) is 1. The summed E-state index contributed by atoms with van der Waals surface area (Å²) >= 11 is 0. The fourth-order valence-electron chi connectivity index (χ4n) is 3.91. The van der Waals surface area contributed by atoms with Crippen LogP contribution in [0.5, 0.6) is 11.5 Å². The lowest BCUT2D eigenvalue weighted by molar-refractivity contribution is -0.141. The molecule has 5 rings (SSSR count). The van der Waals surface area contributed by atoms with E-state index in [2.05, 4.69) is 9.97 Å². The first-order valence-corrected chi connectivity index (χ1v) is 10.7. The van der Waals surface area contributed by atoms with Gasteiger partial charge < -0.3 is 19.2 Å². The van der Waals surface area contributed by atoms with E-state index in [9.17, 15) is 9.90 Å². The molecule has 1 unspecified atom stereocenters. The number of para-hydroxylation sites is 1. The monoisotopic (exact) mass is 442 g/mol. The van der Waals surface area contributed by atoms with Crippen molar-refractivity contribution in [3.8, 4) is 34.1 Å². The van der Waals surface area contributed by atoms with Crippen LogP contribution in [0.3, 0.4) is 0 Å². The molecule has 1 aliphatic rings. The second-order valence-corrected chi connectivity index (χ2v) is 7.86. The highest BCUT2D eigenvalue weighted by atomic mass is 16.5. The van der Waals surface area contributed by atoms with E-state index >= 15 is 0 Å². The highest BCUT2D eigenvalue weighted by Gasteiger charge is 2.29. The standard InChI is InChI=1S/C25H22N4O4/c30-24(31)18-5-4-12-29(15-18)25-28-22(23(33-25)19-13-26-16-27-14-19)17-8-10-21(11-9-17)32-20-6-2-1-3-7-20/h1-3,6-11,13-14,16,18H,4-5,12,15H2,(H,30,31). The fourth-order valence-corrected chi connectivity index (χ4v) is 3.91. The molecule has 33 heavy (non-hydrogen) atoms. The molecule has 2 aromatic carbocycles. The minimum Gasteiger partial charge on any atom is -0.481 e. The van der Waals surface area contributed by atoms with E-state index in [1.54, 1.807) is 12.4 Å². The van der Waals surface area contributed by atoms with Gasteiger partial charge in [0.25, 0.3) is 6.01 Å². The number of piperidine rings is 1. The first kappa shape index (κ1) is 20.7. The lowest BCUT2D eigenvalue weighted by Crippen LogP contribution is -2.38. The minimum absolute atomic E-state index is 0.365. The van der Waals surface area contributed by atoms with Gasteiger partial charge in [-0.15, -0.1) is 0 Å². The Morgan fingerprint density at radius 2 is 1.73 bits per heavy atom. The van der Waals surface area contributed by atoms with E-state index in [1.165, 1.54) is 6.33 Å². The molecule has 8 heteroatoms. The molecule has 1 fully saturated rings. The summed E-state index contributed by atoms with van der Waals surface area (Å²) in [5, 5.41) is 9.44. The number of nitrogens with zero attached hydrogens (tertiary/aromatic N) is 4. The Bertz CT molecular complexity index is 1230. The fraction of sp³-hybridized carbons (Fsp3) is 0.200. The molecule has 0 radical (unpaired) electrons. The van der Waals surface area contributed by atoms with Gasteiger partial charge in [-0.25, -0.2) is 9.97 Å². The van der Waals surface area contributed by atoms with E-state index in [1.807, 2.05) is 59.5 Å². The average Bonchev–Trinajstić information content (AvgIpc) is 3.31. The molecule has 0 bridgehead atoms. The Kier molecular flexibility index (Phi) is 5.72. The molecule has 1 aliphatic heterocycles. The second-order valence-electron chi connectivity index (χ2n) is 7.86. The number of aromatic nitrogens is 3. The van der Waals surface area contributed by atoms with Crippen LogP contribution in [-0.4, -0.2) is 39.1 Å². The molecule has 1 atom stereocenters. The summed E-state index contributed by atoms with van der Waals surface area (Å²) in [7, 11) is 0. The molecule has 1 N–H and O–H groups in total. The molecule has 0 saturated carbocycles. The van der Waals surface area contributed by atoms with Crippen molar-refractivity contribution >= 4 is 12.0 Å². The van der Waals surface area contributed by atoms with E-state index in [-0.39, 0.29) is 0 Å². The van der Waals surface area contributed by atoms with E-state index in [0.717, 1.165) is 17.7 Å². The number of rotatable bonds is 6. The van der Waals surface area contributed by atoms with E-state index in [4.69, 9.17) is 14.1 Å². The topological polar surface area (TPSA) is 102 Å². The van der Waals surface area contributed by atoms with Crippen LogP contribution in [0.1, 0.15) is 12.8 Å². The van der Waals surface area contributed by atoms with Crippen LogP contribution in [-0.2, 0) is 4.79 Å². The van der Waals surface area contributed by atoms with Crippen molar-refractivity contribution in [2.45, 2.75) is 12.8 Å². The van der Waals surface area contributed by atoms with Crippen LogP contribution in [0.4, 0.5) is 6.01 Å². The van der Waals surface area contributed by atoms with Crippen molar-refractivity contribution in [3.05, 3.63) is 73.3 Å². The van der Waals surface area contributed by atoms with Gasteiger partial charge in [0, 0.05) is 31.0 Å². The Balaban J connectivity index is 1.47. The van der Waals surface area contributed by atoms with Crippen LogP contribution in [0, 0.1) is 5.92 Å². The maximum absolute atomic E-state index is 11.5. The van der Waals surface area contributed by atoms with Gasteiger partial charge >= 0.3 is 5.97 Å². The summed E-state index contributed by atoms with van der Waals surface area (Å²) in [5.74, 6) is 0.775. The zero-order valence-electron chi connectivity index (χ0n) is 17.8. The van der Waals surface area contributed by atoms with Crippen LogP contribution in [0.15, 0.2) is 77.7 Å². The molecule has 0 spiro atoms. The molecule has 4 aromatic rings. The lowest BCUT2D eigenvalue weighted by atomic mass is 9.99. The molecule has 8 nitrogen and oxygen atoms in total. The number of oxazole rings is 1. The highest BCUT2D eigenvalue weighted by molar-refractivity contribution is 5.78. The van der Waals surface area contributed by atoms with Crippen molar-refractivity contribution in [3.63, 3.8) is 0 Å². The predicted molar refractivity (Wildman–Crippen MR) is 122 cm³/mol. The SMILES string of the molecule is O=C(O)C1CCCN(c2nc(-c3ccc(Oc4ccccc4)cc3)c(-c3cncnc3)o2)C1. The van der Waals surface area contributed by atoms with Gasteiger partial charge in [0.05, 0.1) is 11.5 Å². The molecule has 0 amide bonds. The van der Waals surface area contributed by atoms with Gasteiger partial charge in [0.1, 0.15) is 23.5 Å². The van der Waals surface area contributed by atoms with Gasteiger partial charge in [-0.05, 0) is 49.2 Å². The average molecular weight is 442 g/mol. The summed E-state index contributed by atoms with van der Waals surface area (Å²) in [6.45, 7) is 1.06. The predicted octanol–water partition coefficient (Wildman–Crippen LogP) is 4.89. The third kappa shape index (κ3) is 4.55. The van der Waals surface area contributed by atoms with Crippen LogP contribution < -0.4 is 9.64 Å². The molecular formula is C25H22N4O4. The summed E-state index contributed by atoms with van der Waals surface area (Å²) in [4.78, 5) is 26.4. The van der Waals surface area contributed by atoms with Crippen molar-refractivity contribution < 1.29 is 19.1 Å². The van der Waals surface area contributed by atoms with Crippen LogP contribution in [0.25, 0.3) is 22.6 Å². The number of hydrogen-bond acceptors (Lipinski definition) is 7. The van der Waals surface area contributed by atoms with Gasteiger partial charge in [-0.3, -0.25) is 4.79 Å². The van der Waals surface area contributed by atoms with Crippen molar-refractivity contribution in [1.29, 1.82) is 0 Å². The van der Waals surface area contributed by atoms with Gasteiger partial charge in [-0.1, -0.05) is 18.2 Å². The summed E-state index contributed by atoms with van der Waals surface area (Å²) in [6, 6.07) is 17.6. The number of benzene rings is 2. The number of aliphatic carboxylic acids is 1. The third-order valence-electron chi connectivity index (χ3n) is 5.59. The van der Waals surface area contributed by atoms with Gasteiger partial charge in [-0.2, -0.15) is 4.98 Å². The van der Waals surface area contributed by atoms with Gasteiger partial charge in [0.2, 0.25) is 0 Å². The van der Waals surface area contributed by atoms with Crippen molar-refractivity contribution in [1.82, 2.24) is 15.0 Å². The van der Waals surface area contributed by atoms with Gasteiger partial charge in [0.15, 0.2) is 5.76 Å². The Morgan fingerprint density at radius 3 is 2.45 bits per heavy atom. The molecule has 1 saturated heterocycles. The van der Waals surface area contributed by atoms with E-state index < -0.39 is 11.9 Å². The highest BCUT2D eigenvalue weighted by Crippen LogP contribution is 2.37. The number of ether oxygens (including phenoxy) is 1. The molecule has 0 aliphatic carbocycles. The number of carboxylic acid groups (broad SMARTS) is 1. The van der Waals surface area contributed by atoms with E-state index in [0.29, 0.717) is 48.3 Å². The molecule has 2 aromatic heterocycles. The lowest BCUT2D eigenvalue weighted by Gasteiger charge is -2.29. The summed E-state index contributed by atoms with van der Waals surface area (Å²) < 4.78 is 12.1. The number of carboxylic acids is 1. The minimum atomic E-state index is -0.794. The first-order chi connectivity index (χ1) is 16.2. The number of anilines is 1. The van der Waals surface area contributed by atoms with Crippen molar-refractivity contribution in [2.24, 2.45) is 5.92 Å². The van der Waals surface area contributed by atoms with Crippen molar-refractivity contribution in [2.75, 3.05) is 18.0 Å². The Hall–Kier alpha value is -4.20. The Morgan fingerprint density at radius 1 is 1.00 bits per heavy atom. The number of carbonyl (C=O) groups is 1. The summed E-state index contributed by atoms with van der Waals surface area (Å²) in [6.07, 6.45) is 6.22. The van der Waals surface area contributed by atoms with Crippen LogP contribution in [0.2, 0.25) is 0 Å². The Labute approximate surface area is 190 Å². The smallest absolute Gasteiger partial charge is 0.308 e. The quantitative estimate of drug-likeness (QED) is 0.450. The first-order valence-electron chi connectivity index (χ1n) is 10.7. The maximum atomic E-state index is 11.5. The third-order valence-corrected chi connectivity index (χ3v) is 5.59. The molecule has 3 heterocycles. The largest absolute Gasteiger partial charge is 0.481 e. The zero-order valence-corrected chi connectivity index (χ0v) is 17.8.